The SMILES string of the molecule is CC(C)[CH-]CNOC(C)C.[W]. The van der Waals surface area contributed by atoms with Gasteiger partial charge in [-0.1, -0.05) is 13.8 Å². The maximum atomic E-state index is 5.11. The summed E-state index contributed by atoms with van der Waals surface area (Å²) in [5.41, 5.74) is 2.86. The standard InChI is InChI=1S/C8H18NO.W/c1-7(2)5-6-9-10-8(3)4;/h5,7-9H,6H2,1-4H3;/q-1;. The van der Waals surface area contributed by atoms with E-state index in [4.69, 9.17) is 4.84 Å². The van der Waals surface area contributed by atoms with Crippen molar-refractivity contribution < 1.29 is 25.9 Å². The predicted molar refractivity (Wildman–Crippen MR) is 43.4 cm³/mol. The van der Waals surface area contributed by atoms with Crippen LogP contribution in [0.3, 0.4) is 0 Å². The molecule has 1 N–H and O–H groups in total. The van der Waals surface area contributed by atoms with Crippen molar-refractivity contribution in [2.45, 2.75) is 33.8 Å². The number of hydrogen-bond donors (Lipinski definition) is 1. The van der Waals surface area contributed by atoms with Crippen LogP contribution in [0.4, 0.5) is 0 Å². The van der Waals surface area contributed by atoms with Crippen LogP contribution >= 0.6 is 0 Å². The number of rotatable bonds is 5. The van der Waals surface area contributed by atoms with Gasteiger partial charge < -0.3 is 11.3 Å². The molecule has 0 rings (SSSR count). The van der Waals surface area contributed by atoms with E-state index < -0.39 is 0 Å². The molecule has 2 nitrogen and oxygen atoms in total. The zero-order chi connectivity index (χ0) is 7.98. The van der Waals surface area contributed by atoms with Crippen molar-refractivity contribution in [3.8, 4) is 0 Å². The van der Waals surface area contributed by atoms with Gasteiger partial charge in [-0.25, -0.2) is 5.48 Å². The molecule has 0 aromatic carbocycles. The van der Waals surface area contributed by atoms with Gasteiger partial charge in [-0.3, -0.25) is 0 Å². The van der Waals surface area contributed by atoms with Gasteiger partial charge in [0.05, 0.1) is 6.10 Å². The van der Waals surface area contributed by atoms with Gasteiger partial charge in [-0.05, 0) is 13.8 Å². The van der Waals surface area contributed by atoms with E-state index in [0.29, 0.717) is 5.92 Å². The monoisotopic (exact) mass is 328 g/mol. The van der Waals surface area contributed by atoms with Crippen LogP contribution in [-0.2, 0) is 25.9 Å². The maximum absolute atomic E-state index is 5.11. The predicted octanol–water partition coefficient (Wildman–Crippen LogP) is 1.77. The molecule has 0 unspecified atom stereocenters. The summed E-state index contributed by atoms with van der Waals surface area (Å²) in [7, 11) is 0. The van der Waals surface area contributed by atoms with E-state index in [1.165, 1.54) is 0 Å². The van der Waals surface area contributed by atoms with Crippen LogP contribution in [0.1, 0.15) is 27.7 Å². The van der Waals surface area contributed by atoms with Crippen LogP contribution in [-0.4, -0.2) is 12.6 Å². The molecule has 0 radical (unpaired) electrons. The minimum atomic E-state index is 0. The van der Waals surface area contributed by atoms with E-state index in [1.54, 1.807) is 0 Å². The first-order chi connectivity index (χ1) is 4.63. The van der Waals surface area contributed by atoms with E-state index in [0.717, 1.165) is 6.54 Å². The van der Waals surface area contributed by atoms with Crippen molar-refractivity contribution in [1.29, 1.82) is 0 Å². The molecular formula is C8H18NOW-. The van der Waals surface area contributed by atoms with Gasteiger partial charge in [-0.15, -0.1) is 6.54 Å². The first-order valence-electron chi connectivity index (χ1n) is 3.84. The van der Waals surface area contributed by atoms with E-state index in [2.05, 4.69) is 25.7 Å². The molecule has 0 amide bonds. The third-order valence-corrected chi connectivity index (χ3v) is 0.992. The molecule has 0 aliphatic heterocycles. The molecule has 0 atom stereocenters. The number of hydroxylamine groups is 1. The minimum absolute atomic E-state index is 0. The summed E-state index contributed by atoms with van der Waals surface area (Å²) in [6.45, 7) is 9.13. The van der Waals surface area contributed by atoms with Crippen LogP contribution in [0.2, 0.25) is 0 Å². The first-order valence-corrected chi connectivity index (χ1v) is 3.84. The fraction of sp³-hybridized carbons (Fsp3) is 0.875. The van der Waals surface area contributed by atoms with Gasteiger partial charge in [0.15, 0.2) is 0 Å². The van der Waals surface area contributed by atoms with Crippen molar-refractivity contribution in [3.05, 3.63) is 6.42 Å². The maximum Gasteiger partial charge on any atom is 0.0732 e. The van der Waals surface area contributed by atoms with Crippen LogP contribution in [0.5, 0.6) is 0 Å². The zero-order valence-electron chi connectivity index (χ0n) is 7.76. The van der Waals surface area contributed by atoms with E-state index in [-0.39, 0.29) is 27.2 Å². The topological polar surface area (TPSA) is 21.3 Å². The van der Waals surface area contributed by atoms with Gasteiger partial charge in [0.25, 0.3) is 0 Å². The van der Waals surface area contributed by atoms with Crippen LogP contribution in [0, 0.1) is 12.3 Å². The third-order valence-electron chi connectivity index (χ3n) is 0.992. The van der Waals surface area contributed by atoms with Crippen LogP contribution in [0.15, 0.2) is 0 Å². The molecule has 0 saturated heterocycles. The molecule has 0 heterocycles. The molecule has 0 aliphatic carbocycles. The van der Waals surface area contributed by atoms with E-state index in [1.807, 2.05) is 13.8 Å². The van der Waals surface area contributed by atoms with Crippen molar-refractivity contribution in [2.24, 2.45) is 5.92 Å². The van der Waals surface area contributed by atoms with Crippen LogP contribution < -0.4 is 5.48 Å². The zero-order valence-corrected chi connectivity index (χ0v) is 10.7. The average molecular weight is 328 g/mol. The molecule has 0 aromatic rings. The number of hydrogen-bond acceptors (Lipinski definition) is 2. The first kappa shape index (κ1) is 14.2. The molecule has 0 saturated carbocycles. The fourth-order valence-corrected chi connectivity index (χ4v) is 0.499. The Kier molecular flexibility index (Phi) is 11.2. The second-order valence-electron chi connectivity index (χ2n) is 2.99. The van der Waals surface area contributed by atoms with E-state index in [9.17, 15) is 0 Å². The molecule has 0 aliphatic rings. The second kappa shape index (κ2) is 8.70. The Morgan fingerprint density at radius 2 is 1.82 bits per heavy atom. The fourth-order valence-electron chi connectivity index (χ4n) is 0.499. The molecule has 0 aromatic heterocycles. The summed E-state index contributed by atoms with van der Waals surface area (Å²) in [5, 5.41) is 0. The third kappa shape index (κ3) is 13.6. The van der Waals surface area contributed by atoms with Crippen molar-refractivity contribution in [3.63, 3.8) is 0 Å². The molecule has 3 heteroatoms. The van der Waals surface area contributed by atoms with Gasteiger partial charge >= 0.3 is 0 Å². The largest absolute Gasteiger partial charge is 0.310 e. The number of nitrogens with one attached hydrogen (secondary N) is 1. The molecular weight excluding hydrogens is 310 g/mol. The van der Waals surface area contributed by atoms with Gasteiger partial charge in [-0.2, -0.15) is 5.92 Å². The van der Waals surface area contributed by atoms with Gasteiger partial charge in [0.1, 0.15) is 0 Å². The van der Waals surface area contributed by atoms with Gasteiger partial charge in [0, 0.05) is 21.1 Å². The van der Waals surface area contributed by atoms with E-state index >= 15 is 0 Å². The molecule has 0 spiro atoms. The van der Waals surface area contributed by atoms with Crippen molar-refractivity contribution >= 4 is 0 Å². The van der Waals surface area contributed by atoms with Crippen molar-refractivity contribution in [2.75, 3.05) is 6.54 Å². The molecule has 68 valence electrons. The second-order valence-corrected chi connectivity index (χ2v) is 2.99. The summed E-state index contributed by atoms with van der Waals surface area (Å²) >= 11 is 0. The Balaban J connectivity index is 0. The quantitative estimate of drug-likeness (QED) is 0.472. The summed E-state index contributed by atoms with van der Waals surface area (Å²) in [4.78, 5) is 5.11. The molecule has 0 bridgehead atoms. The summed E-state index contributed by atoms with van der Waals surface area (Å²) in [6.07, 6.45) is 2.43. The Hall–Kier alpha value is 0.608. The summed E-state index contributed by atoms with van der Waals surface area (Å²) in [5.74, 6) is 0.628. The van der Waals surface area contributed by atoms with Crippen LogP contribution in [0.25, 0.3) is 0 Å². The minimum Gasteiger partial charge on any atom is -0.310 e. The smallest absolute Gasteiger partial charge is 0.0732 e. The van der Waals surface area contributed by atoms with Gasteiger partial charge in [0.2, 0.25) is 0 Å². The average Bonchev–Trinajstić information content (AvgIpc) is 1.79. The Bertz CT molecular complexity index is 66.5. The Morgan fingerprint density at radius 1 is 1.27 bits per heavy atom. The normalized spacial score (nSPS) is 10.4. The molecule has 11 heavy (non-hydrogen) atoms. The Morgan fingerprint density at radius 3 is 2.18 bits per heavy atom. The Labute approximate surface area is 84.3 Å². The molecule has 0 fully saturated rings. The van der Waals surface area contributed by atoms with Crippen molar-refractivity contribution in [1.82, 2.24) is 5.48 Å². The summed E-state index contributed by atoms with van der Waals surface area (Å²) < 4.78 is 0. The summed E-state index contributed by atoms with van der Waals surface area (Å²) in [6, 6.07) is 0.